The molecule has 1 aromatic rings. The summed E-state index contributed by atoms with van der Waals surface area (Å²) < 4.78 is 0. The molecule has 1 N–H and O–H groups in total. The predicted molar refractivity (Wildman–Crippen MR) is 75.4 cm³/mol. The summed E-state index contributed by atoms with van der Waals surface area (Å²) in [7, 11) is 0. The highest BCUT2D eigenvalue weighted by Gasteiger charge is 2.35. The molecule has 104 valence electrons. The van der Waals surface area contributed by atoms with Crippen LogP contribution in [0.2, 0.25) is 0 Å². The third kappa shape index (κ3) is 2.88. The van der Waals surface area contributed by atoms with Gasteiger partial charge in [0.1, 0.15) is 11.0 Å². The summed E-state index contributed by atoms with van der Waals surface area (Å²) in [6, 6.07) is 0.392. The van der Waals surface area contributed by atoms with Crippen LogP contribution in [0.5, 0.6) is 0 Å². The number of aromatic nitrogens is 2. The number of rotatable bonds is 5. The van der Waals surface area contributed by atoms with Crippen molar-refractivity contribution >= 4 is 22.4 Å². The van der Waals surface area contributed by atoms with Crippen molar-refractivity contribution in [1.82, 2.24) is 15.5 Å². The topological polar surface area (TPSA) is 58.1 Å². The van der Waals surface area contributed by atoms with Gasteiger partial charge in [-0.2, -0.15) is 0 Å². The van der Waals surface area contributed by atoms with E-state index in [4.69, 9.17) is 0 Å². The first-order valence-electron chi connectivity index (χ1n) is 7.17. The van der Waals surface area contributed by atoms with Crippen LogP contribution in [0.4, 0.5) is 5.13 Å². The molecule has 2 aliphatic rings. The molecule has 1 aliphatic carbocycles. The van der Waals surface area contributed by atoms with Crippen molar-refractivity contribution in [3.63, 3.8) is 0 Å². The van der Waals surface area contributed by atoms with Crippen LogP contribution in [-0.2, 0) is 11.2 Å². The average Bonchev–Trinajstić information content (AvgIpc) is 2.93. The monoisotopic (exact) mass is 280 g/mol. The molecular weight excluding hydrogens is 260 g/mol. The fraction of sp³-hybridized carbons (Fsp3) is 0.769. The lowest BCUT2D eigenvalue weighted by molar-refractivity contribution is -0.122. The Balaban J connectivity index is 1.68. The van der Waals surface area contributed by atoms with Crippen LogP contribution >= 0.6 is 11.3 Å². The number of hydrogen-bond donors (Lipinski definition) is 1. The van der Waals surface area contributed by atoms with E-state index in [9.17, 15) is 4.79 Å². The van der Waals surface area contributed by atoms with Gasteiger partial charge in [0.25, 0.3) is 0 Å². The largest absolute Gasteiger partial charge is 0.352 e. The molecule has 0 spiro atoms. The first-order chi connectivity index (χ1) is 9.28. The van der Waals surface area contributed by atoms with Gasteiger partial charge < -0.3 is 10.2 Å². The molecule has 5 nitrogen and oxygen atoms in total. The van der Waals surface area contributed by atoms with Crippen molar-refractivity contribution in [1.29, 1.82) is 0 Å². The van der Waals surface area contributed by atoms with E-state index < -0.39 is 0 Å². The first kappa shape index (κ1) is 12.8. The quantitative estimate of drug-likeness (QED) is 0.892. The fourth-order valence-electron chi connectivity index (χ4n) is 2.47. The maximum Gasteiger partial charge on any atom is 0.243 e. The van der Waals surface area contributed by atoms with Gasteiger partial charge in [0.2, 0.25) is 11.0 Å². The Kier molecular flexibility index (Phi) is 3.68. The molecule has 3 rings (SSSR count). The molecule has 0 aromatic carbocycles. The highest BCUT2D eigenvalue weighted by atomic mass is 32.1. The molecular formula is C13H20N4OS. The van der Waals surface area contributed by atoms with Gasteiger partial charge in [0, 0.05) is 19.0 Å². The number of hydrogen-bond acceptors (Lipinski definition) is 5. The predicted octanol–water partition coefficient (Wildman–Crippen LogP) is 1.74. The van der Waals surface area contributed by atoms with Crippen LogP contribution in [-0.4, -0.2) is 34.7 Å². The third-order valence-corrected chi connectivity index (χ3v) is 4.67. The van der Waals surface area contributed by atoms with Gasteiger partial charge in [0.05, 0.1) is 0 Å². The van der Waals surface area contributed by atoms with Crippen LogP contribution in [0, 0.1) is 0 Å². The number of aryl methyl sites for hydroxylation is 1. The lowest BCUT2D eigenvalue weighted by atomic mass is 10.2. The van der Waals surface area contributed by atoms with Crippen molar-refractivity contribution in [2.24, 2.45) is 0 Å². The van der Waals surface area contributed by atoms with Gasteiger partial charge in [-0.1, -0.05) is 18.3 Å². The molecule has 2 fully saturated rings. The standard InChI is InChI=1S/C13H20N4OS/c1-2-4-11-15-16-13(19-11)17-8-3-5-10(17)12(18)14-9-6-7-9/h9-10H,2-8H2,1H3,(H,14,18)/t10-/m1/s1. The van der Waals surface area contributed by atoms with Crippen molar-refractivity contribution < 1.29 is 4.79 Å². The van der Waals surface area contributed by atoms with E-state index in [1.807, 2.05) is 0 Å². The van der Waals surface area contributed by atoms with Crippen LogP contribution in [0.25, 0.3) is 0 Å². The minimum atomic E-state index is -0.0389. The molecule has 0 bridgehead atoms. The summed E-state index contributed by atoms with van der Waals surface area (Å²) in [5.74, 6) is 0.173. The number of anilines is 1. The Morgan fingerprint density at radius 3 is 3.00 bits per heavy atom. The van der Waals surface area contributed by atoms with Gasteiger partial charge in [0.15, 0.2) is 0 Å². The van der Waals surface area contributed by atoms with E-state index in [1.165, 1.54) is 0 Å². The molecule has 0 unspecified atom stereocenters. The van der Waals surface area contributed by atoms with Crippen LogP contribution in [0.3, 0.4) is 0 Å². The third-order valence-electron chi connectivity index (χ3n) is 3.64. The highest BCUT2D eigenvalue weighted by Crippen LogP contribution is 2.29. The van der Waals surface area contributed by atoms with E-state index >= 15 is 0 Å². The molecule has 1 atom stereocenters. The SMILES string of the molecule is CCCc1nnc(N2CCC[C@@H]2C(=O)NC2CC2)s1. The van der Waals surface area contributed by atoms with Crippen LogP contribution < -0.4 is 10.2 Å². The highest BCUT2D eigenvalue weighted by molar-refractivity contribution is 7.15. The summed E-state index contributed by atoms with van der Waals surface area (Å²) in [6.45, 7) is 3.06. The van der Waals surface area contributed by atoms with Gasteiger partial charge in [-0.25, -0.2) is 0 Å². The summed E-state index contributed by atoms with van der Waals surface area (Å²) in [5, 5.41) is 13.6. The fourth-order valence-corrected chi connectivity index (χ4v) is 3.49. The number of carbonyl (C=O) groups is 1. The minimum Gasteiger partial charge on any atom is -0.352 e. The Labute approximate surface area is 117 Å². The van der Waals surface area contributed by atoms with Gasteiger partial charge in [-0.05, 0) is 32.1 Å². The molecule has 0 radical (unpaired) electrons. The van der Waals surface area contributed by atoms with E-state index in [-0.39, 0.29) is 11.9 Å². The summed E-state index contributed by atoms with van der Waals surface area (Å²) in [5.41, 5.74) is 0. The zero-order valence-corrected chi connectivity index (χ0v) is 12.1. The van der Waals surface area contributed by atoms with E-state index in [0.29, 0.717) is 6.04 Å². The van der Waals surface area contributed by atoms with Crippen LogP contribution in [0.15, 0.2) is 0 Å². The summed E-state index contributed by atoms with van der Waals surface area (Å²) >= 11 is 1.63. The molecule has 1 amide bonds. The maximum atomic E-state index is 12.2. The van der Waals surface area contributed by atoms with Crippen molar-refractivity contribution in [2.45, 2.75) is 57.5 Å². The molecule has 6 heteroatoms. The van der Waals surface area contributed by atoms with Crippen molar-refractivity contribution in [3.8, 4) is 0 Å². The first-order valence-corrected chi connectivity index (χ1v) is 7.99. The van der Waals surface area contributed by atoms with E-state index in [0.717, 1.165) is 55.2 Å². The van der Waals surface area contributed by atoms with E-state index in [2.05, 4.69) is 27.3 Å². The van der Waals surface area contributed by atoms with E-state index in [1.54, 1.807) is 11.3 Å². The zero-order chi connectivity index (χ0) is 13.2. The molecule has 1 aliphatic heterocycles. The molecule has 1 saturated carbocycles. The Hall–Kier alpha value is -1.17. The Morgan fingerprint density at radius 1 is 1.42 bits per heavy atom. The molecule has 2 heterocycles. The summed E-state index contributed by atoms with van der Waals surface area (Å²) in [4.78, 5) is 14.3. The Bertz CT molecular complexity index is 457. The number of amides is 1. The lowest BCUT2D eigenvalue weighted by Gasteiger charge is -2.22. The molecule has 1 saturated heterocycles. The second-order valence-corrected chi connectivity index (χ2v) is 6.40. The van der Waals surface area contributed by atoms with Gasteiger partial charge in [-0.15, -0.1) is 10.2 Å². The van der Waals surface area contributed by atoms with Crippen molar-refractivity contribution in [2.75, 3.05) is 11.4 Å². The number of nitrogens with zero attached hydrogens (tertiary/aromatic N) is 3. The Morgan fingerprint density at radius 2 is 2.26 bits per heavy atom. The average molecular weight is 280 g/mol. The lowest BCUT2D eigenvalue weighted by Crippen LogP contribution is -2.44. The second-order valence-electron chi connectivity index (χ2n) is 5.36. The maximum absolute atomic E-state index is 12.2. The second kappa shape index (κ2) is 5.45. The molecule has 19 heavy (non-hydrogen) atoms. The minimum absolute atomic E-state index is 0.0389. The number of nitrogens with one attached hydrogen (secondary N) is 1. The molecule has 1 aromatic heterocycles. The zero-order valence-electron chi connectivity index (χ0n) is 11.3. The smallest absolute Gasteiger partial charge is 0.243 e. The normalized spacial score (nSPS) is 22.8. The van der Waals surface area contributed by atoms with Crippen molar-refractivity contribution in [3.05, 3.63) is 5.01 Å². The summed E-state index contributed by atoms with van der Waals surface area (Å²) in [6.07, 6.45) is 6.33. The van der Waals surface area contributed by atoms with Crippen LogP contribution in [0.1, 0.15) is 44.0 Å². The van der Waals surface area contributed by atoms with Gasteiger partial charge in [-0.3, -0.25) is 4.79 Å². The number of carbonyl (C=O) groups excluding carboxylic acids is 1. The van der Waals surface area contributed by atoms with Gasteiger partial charge >= 0.3 is 0 Å².